The largest absolute Gasteiger partial charge is 0.423 e. The van der Waals surface area contributed by atoms with Gasteiger partial charge in [-0.2, -0.15) is 4.98 Å². The van der Waals surface area contributed by atoms with Crippen LogP contribution in [0.4, 0.5) is 0 Å². The number of nitrogens with zero attached hydrogens (tertiary/aromatic N) is 2. The Morgan fingerprint density at radius 3 is 2.90 bits per heavy atom. The summed E-state index contributed by atoms with van der Waals surface area (Å²) in [6, 6.07) is 7.93. The number of aromatic nitrogens is 3. The Hall–Kier alpha value is -2.30. The maximum atomic E-state index is 12.2. The van der Waals surface area contributed by atoms with E-state index in [4.69, 9.17) is 4.42 Å². The summed E-state index contributed by atoms with van der Waals surface area (Å²) in [7, 11) is 0. The molecule has 1 aromatic carbocycles. The molecule has 20 heavy (non-hydrogen) atoms. The lowest BCUT2D eigenvalue weighted by molar-refractivity contribution is 0.549. The van der Waals surface area contributed by atoms with Crippen molar-refractivity contribution < 1.29 is 4.42 Å². The van der Waals surface area contributed by atoms with E-state index in [9.17, 15) is 4.79 Å². The van der Waals surface area contributed by atoms with Crippen LogP contribution in [0.15, 0.2) is 33.5 Å². The minimum atomic E-state index is -0.150. The zero-order valence-electron chi connectivity index (χ0n) is 11.1. The van der Waals surface area contributed by atoms with Crippen molar-refractivity contribution in [3.8, 4) is 6.01 Å². The normalized spacial score (nSPS) is 15.2. The zero-order valence-corrected chi connectivity index (χ0v) is 11.1. The summed E-state index contributed by atoms with van der Waals surface area (Å²) in [5.41, 5.74) is 3.40. The van der Waals surface area contributed by atoms with Crippen LogP contribution in [0.25, 0.3) is 17.1 Å². The van der Waals surface area contributed by atoms with Crippen molar-refractivity contribution in [2.75, 3.05) is 0 Å². The van der Waals surface area contributed by atoms with Crippen LogP contribution in [0.5, 0.6) is 0 Å². The Labute approximate surface area is 115 Å². The molecule has 0 atom stereocenters. The summed E-state index contributed by atoms with van der Waals surface area (Å²) in [6.07, 6.45) is 5.25. The number of aryl methyl sites for hydroxylation is 1. The van der Waals surface area contributed by atoms with Gasteiger partial charge in [0.15, 0.2) is 5.58 Å². The van der Waals surface area contributed by atoms with Crippen LogP contribution in [0.2, 0.25) is 0 Å². The highest BCUT2D eigenvalue weighted by molar-refractivity contribution is 5.73. The molecule has 0 unspecified atom stereocenters. The van der Waals surface area contributed by atoms with Gasteiger partial charge in [-0.15, -0.1) is 0 Å². The van der Waals surface area contributed by atoms with Crippen molar-refractivity contribution in [2.45, 2.75) is 32.1 Å². The van der Waals surface area contributed by atoms with E-state index in [0.29, 0.717) is 11.6 Å². The standard InChI is InChI=1S/C15H15N3O2/c19-14-16-10-6-2-1-3-8-12(10)18(14)15-17-11-7-4-5-9-13(11)20-15/h4-5,7,9H,1-3,6,8H2,(H,16,19). The number of hydrogen-bond acceptors (Lipinski definition) is 3. The van der Waals surface area contributed by atoms with Gasteiger partial charge in [-0.05, 0) is 37.8 Å². The number of aromatic amines is 1. The maximum Gasteiger partial charge on any atom is 0.334 e. The average molecular weight is 269 g/mol. The summed E-state index contributed by atoms with van der Waals surface area (Å²) in [5, 5.41) is 0. The van der Waals surface area contributed by atoms with Crippen LogP contribution in [0.1, 0.15) is 30.7 Å². The number of oxazole rings is 1. The first kappa shape index (κ1) is 11.5. The first-order valence-corrected chi connectivity index (χ1v) is 7.01. The minimum Gasteiger partial charge on any atom is -0.423 e. The number of nitrogens with one attached hydrogen (secondary N) is 1. The third-order valence-corrected chi connectivity index (χ3v) is 3.89. The molecule has 3 aromatic rings. The number of imidazole rings is 1. The summed E-state index contributed by atoms with van der Waals surface area (Å²) < 4.78 is 7.33. The van der Waals surface area contributed by atoms with Gasteiger partial charge in [-0.25, -0.2) is 9.36 Å². The van der Waals surface area contributed by atoms with Crippen molar-refractivity contribution in [2.24, 2.45) is 0 Å². The Kier molecular flexibility index (Phi) is 2.52. The number of benzene rings is 1. The first-order valence-electron chi connectivity index (χ1n) is 7.01. The van der Waals surface area contributed by atoms with Crippen molar-refractivity contribution in [3.05, 3.63) is 46.1 Å². The second-order valence-corrected chi connectivity index (χ2v) is 5.22. The van der Waals surface area contributed by atoms with Crippen LogP contribution < -0.4 is 5.69 Å². The molecule has 0 saturated carbocycles. The molecule has 4 rings (SSSR count). The Morgan fingerprint density at radius 1 is 1.15 bits per heavy atom. The summed E-state index contributed by atoms with van der Waals surface area (Å²) >= 11 is 0. The molecule has 2 heterocycles. The topological polar surface area (TPSA) is 63.8 Å². The molecule has 0 bridgehead atoms. The van der Waals surface area contributed by atoms with Crippen molar-refractivity contribution in [1.29, 1.82) is 0 Å². The SMILES string of the molecule is O=c1[nH]c2c(n1-c1nc3ccccc3o1)CCCCC2. The van der Waals surface area contributed by atoms with Crippen molar-refractivity contribution in [3.63, 3.8) is 0 Å². The molecular formula is C15H15N3O2. The fourth-order valence-corrected chi connectivity index (χ4v) is 2.91. The summed E-state index contributed by atoms with van der Waals surface area (Å²) in [4.78, 5) is 19.6. The lowest BCUT2D eigenvalue weighted by Crippen LogP contribution is -2.17. The van der Waals surface area contributed by atoms with E-state index in [2.05, 4.69) is 9.97 Å². The molecule has 0 radical (unpaired) electrons. The molecule has 0 amide bonds. The Bertz CT molecular complexity index is 792. The maximum absolute atomic E-state index is 12.2. The van der Waals surface area contributed by atoms with Gasteiger partial charge >= 0.3 is 11.7 Å². The summed E-state index contributed by atoms with van der Waals surface area (Å²) in [6.45, 7) is 0. The van der Waals surface area contributed by atoms with Gasteiger partial charge in [0.05, 0.1) is 5.69 Å². The van der Waals surface area contributed by atoms with Crippen LogP contribution in [0, 0.1) is 0 Å². The van der Waals surface area contributed by atoms with Gasteiger partial charge in [-0.3, -0.25) is 0 Å². The fraction of sp³-hybridized carbons (Fsp3) is 0.333. The highest BCUT2D eigenvalue weighted by atomic mass is 16.4. The molecule has 0 fully saturated rings. The van der Waals surface area contributed by atoms with Crippen molar-refractivity contribution >= 4 is 11.1 Å². The van der Waals surface area contributed by atoms with E-state index in [1.54, 1.807) is 4.57 Å². The third-order valence-electron chi connectivity index (χ3n) is 3.89. The molecule has 5 nitrogen and oxygen atoms in total. The Morgan fingerprint density at radius 2 is 2.00 bits per heavy atom. The van der Waals surface area contributed by atoms with E-state index in [1.165, 1.54) is 6.42 Å². The number of rotatable bonds is 1. The van der Waals surface area contributed by atoms with Gasteiger partial charge in [0.1, 0.15) is 5.52 Å². The molecule has 1 N–H and O–H groups in total. The molecule has 0 spiro atoms. The molecule has 1 aliphatic rings. The molecule has 5 heteroatoms. The van der Waals surface area contributed by atoms with Gasteiger partial charge in [-0.1, -0.05) is 18.6 Å². The molecule has 0 aliphatic heterocycles. The van der Waals surface area contributed by atoms with Crippen LogP contribution in [0.3, 0.4) is 0 Å². The average Bonchev–Trinajstić information content (AvgIpc) is 2.92. The molecule has 1 aliphatic carbocycles. The second kappa shape index (κ2) is 4.37. The minimum absolute atomic E-state index is 0.150. The van der Waals surface area contributed by atoms with E-state index in [1.807, 2.05) is 24.3 Å². The molecule has 2 aromatic heterocycles. The van der Waals surface area contributed by atoms with Gasteiger partial charge in [0.25, 0.3) is 0 Å². The van der Waals surface area contributed by atoms with E-state index < -0.39 is 0 Å². The second-order valence-electron chi connectivity index (χ2n) is 5.22. The quantitative estimate of drug-likeness (QED) is 0.690. The van der Waals surface area contributed by atoms with E-state index in [-0.39, 0.29) is 5.69 Å². The van der Waals surface area contributed by atoms with E-state index in [0.717, 1.165) is 42.6 Å². The molecule has 0 saturated heterocycles. The summed E-state index contributed by atoms with van der Waals surface area (Å²) in [5.74, 6) is 0. The highest BCUT2D eigenvalue weighted by Crippen LogP contribution is 2.22. The zero-order chi connectivity index (χ0) is 13.5. The van der Waals surface area contributed by atoms with E-state index >= 15 is 0 Å². The van der Waals surface area contributed by atoms with Crippen LogP contribution in [-0.4, -0.2) is 14.5 Å². The Balaban J connectivity index is 1.93. The lowest BCUT2D eigenvalue weighted by Gasteiger charge is -2.02. The van der Waals surface area contributed by atoms with Crippen LogP contribution >= 0.6 is 0 Å². The molecule has 102 valence electrons. The van der Waals surface area contributed by atoms with Gasteiger partial charge in [0.2, 0.25) is 0 Å². The fourth-order valence-electron chi connectivity index (χ4n) is 2.91. The van der Waals surface area contributed by atoms with Crippen LogP contribution in [-0.2, 0) is 12.8 Å². The van der Waals surface area contributed by atoms with Crippen molar-refractivity contribution in [1.82, 2.24) is 14.5 Å². The smallest absolute Gasteiger partial charge is 0.334 e. The number of fused-ring (bicyclic) bond motifs is 2. The predicted molar refractivity (Wildman–Crippen MR) is 75.2 cm³/mol. The van der Waals surface area contributed by atoms with Gasteiger partial charge < -0.3 is 9.40 Å². The third kappa shape index (κ3) is 1.70. The van der Waals surface area contributed by atoms with Gasteiger partial charge in [0, 0.05) is 5.69 Å². The lowest BCUT2D eigenvalue weighted by atomic mass is 10.2. The number of H-pyrrole nitrogens is 1. The predicted octanol–water partition coefficient (Wildman–Crippen LogP) is 2.58. The highest BCUT2D eigenvalue weighted by Gasteiger charge is 2.20. The number of hydrogen-bond donors (Lipinski definition) is 1. The monoisotopic (exact) mass is 269 g/mol. The first-order chi connectivity index (χ1) is 9.83. The molecular weight excluding hydrogens is 254 g/mol. The number of para-hydroxylation sites is 2.